The summed E-state index contributed by atoms with van der Waals surface area (Å²) in [6.45, 7) is 0. The number of benzene rings is 1. The topological polar surface area (TPSA) is 72.3 Å². The number of carboxylic acids is 1. The lowest BCUT2D eigenvalue weighted by Crippen LogP contribution is -1.98. The number of aromatic nitrogens is 2. The summed E-state index contributed by atoms with van der Waals surface area (Å²) in [5.41, 5.74) is 0.750. The van der Waals surface area contributed by atoms with Crippen LogP contribution in [0.15, 0.2) is 54.9 Å². The SMILES string of the molecule is O=C(O)c1cc(Oc2ccccn2)c2ncccc2c1. The number of ether oxygens (including phenoxy) is 1. The van der Waals surface area contributed by atoms with Crippen LogP contribution >= 0.6 is 0 Å². The van der Waals surface area contributed by atoms with Crippen LogP contribution in [0.25, 0.3) is 10.9 Å². The fourth-order valence-corrected chi connectivity index (χ4v) is 1.88. The van der Waals surface area contributed by atoms with Gasteiger partial charge in [-0.2, -0.15) is 0 Å². The van der Waals surface area contributed by atoms with Gasteiger partial charge < -0.3 is 9.84 Å². The van der Waals surface area contributed by atoms with E-state index in [1.165, 1.54) is 6.07 Å². The van der Waals surface area contributed by atoms with Gasteiger partial charge in [0.2, 0.25) is 5.88 Å². The zero-order valence-corrected chi connectivity index (χ0v) is 10.4. The number of hydrogen-bond donors (Lipinski definition) is 1. The van der Waals surface area contributed by atoms with Gasteiger partial charge in [-0.25, -0.2) is 9.78 Å². The summed E-state index contributed by atoms with van der Waals surface area (Å²) >= 11 is 0. The quantitative estimate of drug-likeness (QED) is 0.788. The molecule has 98 valence electrons. The molecule has 0 saturated heterocycles. The summed E-state index contributed by atoms with van der Waals surface area (Å²) in [4.78, 5) is 19.4. The minimum Gasteiger partial charge on any atom is -0.478 e. The van der Waals surface area contributed by atoms with Crippen molar-refractivity contribution in [1.29, 1.82) is 0 Å². The minimum atomic E-state index is -1.01. The van der Waals surface area contributed by atoms with E-state index in [0.29, 0.717) is 22.5 Å². The first-order valence-electron chi connectivity index (χ1n) is 5.95. The Balaban J connectivity index is 2.15. The molecule has 20 heavy (non-hydrogen) atoms. The normalized spacial score (nSPS) is 10.4. The fraction of sp³-hybridized carbons (Fsp3) is 0. The van der Waals surface area contributed by atoms with Crippen LogP contribution in [-0.4, -0.2) is 21.0 Å². The molecule has 0 amide bonds. The van der Waals surface area contributed by atoms with E-state index in [4.69, 9.17) is 9.84 Å². The highest BCUT2D eigenvalue weighted by Crippen LogP contribution is 2.29. The second kappa shape index (κ2) is 4.97. The lowest BCUT2D eigenvalue weighted by molar-refractivity contribution is 0.0696. The van der Waals surface area contributed by atoms with E-state index in [2.05, 4.69) is 9.97 Å². The van der Waals surface area contributed by atoms with E-state index in [9.17, 15) is 4.79 Å². The Hall–Kier alpha value is -2.95. The van der Waals surface area contributed by atoms with Gasteiger partial charge in [-0.1, -0.05) is 12.1 Å². The van der Waals surface area contributed by atoms with Gasteiger partial charge in [-0.3, -0.25) is 4.98 Å². The maximum atomic E-state index is 11.2. The van der Waals surface area contributed by atoms with Crippen molar-refractivity contribution in [3.8, 4) is 11.6 Å². The monoisotopic (exact) mass is 266 g/mol. The highest BCUT2D eigenvalue weighted by atomic mass is 16.5. The molecule has 0 aliphatic heterocycles. The van der Waals surface area contributed by atoms with Gasteiger partial charge in [0.25, 0.3) is 0 Å². The summed E-state index contributed by atoms with van der Waals surface area (Å²) in [5, 5.41) is 9.85. The summed E-state index contributed by atoms with van der Waals surface area (Å²) < 4.78 is 5.65. The van der Waals surface area contributed by atoms with Crippen molar-refractivity contribution < 1.29 is 14.6 Å². The van der Waals surface area contributed by atoms with Crippen LogP contribution in [0.2, 0.25) is 0 Å². The largest absolute Gasteiger partial charge is 0.478 e. The van der Waals surface area contributed by atoms with E-state index in [1.54, 1.807) is 48.8 Å². The van der Waals surface area contributed by atoms with Crippen molar-refractivity contribution >= 4 is 16.9 Å². The van der Waals surface area contributed by atoms with Gasteiger partial charge in [0, 0.05) is 23.8 Å². The third kappa shape index (κ3) is 2.29. The summed E-state index contributed by atoms with van der Waals surface area (Å²) in [6, 6.07) is 11.8. The Morgan fingerprint density at radius 3 is 2.65 bits per heavy atom. The molecule has 0 fully saturated rings. The lowest BCUT2D eigenvalue weighted by atomic mass is 10.1. The molecule has 5 heteroatoms. The van der Waals surface area contributed by atoms with Gasteiger partial charge in [0.15, 0.2) is 5.75 Å². The molecule has 0 atom stereocenters. The maximum Gasteiger partial charge on any atom is 0.335 e. The van der Waals surface area contributed by atoms with Gasteiger partial charge >= 0.3 is 5.97 Å². The predicted octanol–water partition coefficient (Wildman–Crippen LogP) is 3.12. The average Bonchev–Trinajstić information content (AvgIpc) is 2.48. The third-order valence-electron chi connectivity index (χ3n) is 2.77. The number of carboxylic acid groups (broad SMARTS) is 1. The molecule has 5 nitrogen and oxygen atoms in total. The standard InChI is InChI=1S/C15H10N2O3/c18-15(19)11-8-10-4-3-7-17-14(10)12(9-11)20-13-5-1-2-6-16-13/h1-9H,(H,18,19). The Morgan fingerprint density at radius 1 is 1.05 bits per heavy atom. The molecule has 1 aromatic carbocycles. The second-order valence-corrected chi connectivity index (χ2v) is 4.12. The van der Waals surface area contributed by atoms with Crippen molar-refractivity contribution in [1.82, 2.24) is 9.97 Å². The van der Waals surface area contributed by atoms with E-state index in [0.717, 1.165) is 0 Å². The fourth-order valence-electron chi connectivity index (χ4n) is 1.88. The Kier molecular flexibility index (Phi) is 3.01. The van der Waals surface area contributed by atoms with Gasteiger partial charge in [-0.15, -0.1) is 0 Å². The zero-order chi connectivity index (χ0) is 13.9. The van der Waals surface area contributed by atoms with Crippen molar-refractivity contribution in [3.63, 3.8) is 0 Å². The number of carbonyl (C=O) groups is 1. The number of rotatable bonds is 3. The average molecular weight is 266 g/mol. The molecule has 0 aliphatic rings. The Labute approximate surface area is 114 Å². The van der Waals surface area contributed by atoms with Crippen molar-refractivity contribution in [2.75, 3.05) is 0 Å². The summed E-state index contributed by atoms with van der Waals surface area (Å²) in [5.74, 6) is -0.247. The van der Waals surface area contributed by atoms with Crippen LogP contribution in [0.1, 0.15) is 10.4 Å². The van der Waals surface area contributed by atoms with Crippen molar-refractivity contribution in [3.05, 3.63) is 60.4 Å². The molecule has 0 saturated carbocycles. The van der Waals surface area contributed by atoms with Crippen LogP contribution in [0.3, 0.4) is 0 Å². The van der Waals surface area contributed by atoms with E-state index >= 15 is 0 Å². The van der Waals surface area contributed by atoms with Crippen molar-refractivity contribution in [2.24, 2.45) is 0 Å². The number of hydrogen-bond acceptors (Lipinski definition) is 4. The predicted molar refractivity (Wildman–Crippen MR) is 73.0 cm³/mol. The molecule has 2 aromatic heterocycles. The van der Waals surface area contributed by atoms with Crippen molar-refractivity contribution in [2.45, 2.75) is 0 Å². The minimum absolute atomic E-state index is 0.149. The van der Waals surface area contributed by atoms with Crippen LogP contribution in [-0.2, 0) is 0 Å². The molecule has 0 aliphatic carbocycles. The van der Waals surface area contributed by atoms with Gasteiger partial charge in [0.05, 0.1) is 5.56 Å². The maximum absolute atomic E-state index is 11.2. The highest BCUT2D eigenvalue weighted by molar-refractivity contribution is 5.96. The molecule has 3 aromatic rings. The van der Waals surface area contributed by atoms with E-state index in [1.807, 2.05) is 0 Å². The third-order valence-corrected chi connectivity index (χ3v) is 2.77. The van der Waals surface area contributed by atoms with E-state index in [-0.39, 0.29) is 5.56 Å². The van der Waals surface area contributed by atoms with Gasteiger partial charge in [0.1, 0.15) is 5.52 Å². The number of nitrogens with zero attached hydrogens (tertiary/aromatic N) is 2. The molecule has 2 heterocycles. The van der Waals surface area contributed by atoms with Crippen LogP contribution < -0.4 is 4.74 Å². The van der Waals surface area contributed by atoms with Gasteiger partial charge in [-0.05, 0) is 24.3 Å². The molecule has 3 rings (SSSR count). The molecule has 1 N–H and O–H groups in total. The van der Waals surface area contributed by atoms with Crippen LogP contribution in [0, 0.1) is 0 Å². The molecule has 0 radical (unpaired) electrons. The summed E-state index contributed by atoms with van der Waals surface area (Å²) in [7, 11) is 0. The first kappa shape index (κ1) is 12.1. The summed E-state index contributed by atoms with van der Waals surface area (Å²) in [6.07, 6.45) is 3.24. The number of aromatic carboxylic acids is 1. The zero-order valence-electron chi connectivity index (χ0n) is 10.4. The van der Waals surface area contributed by atoms with Crippen LogP contribution in [0.5, 0.6) is 11.6 Å². The molecule has 0 unspecified atom stereocenters. The number of pyridine rings is 2. The van der Waals surface area contributed by atoms with E-state index < -0.39 is 5.97 Å². The molecular formula is C15H10N2O3. The highest BCUT2D eigenvalue weighted by Gasteiger charge is 2.11. The number of fused-ring (bicyclic) bond motifs is 1. The Morgan fingerprint density at radius 2 is 1.90 bits per heavy atom. The van der Waals surface area contributed by atoms with Crippen LogP contribution in [0.4, 0.5) is 0 Å². The smallest absolute Gasteiger partial charge is 0.335 e. The second-order valence-electron chi connectivity index (χ2n) is 4.12. The Bertz CT molecular complexity index is 772. The first-order valence-corrected chi connectivity index (χ1v) is 5.95. The first-order chi connectivity index (χ1) is 9.74. The molecule has 0 bridgehead atoms. The molecule has 0 spiro atoms. The molecular weight excluding hydrogens is 256 g/mol. The lowest BCUT2D eigenvalue weighted by Gasteiger charge is -2.08.